The Hall–Kier alpha value is -1.07. The van der Waals surface area contributed by atoms with E-state index in [1.807, 2.05) is 6.07 Å². The average Bonchev–Trinajstić information content (AvgIpc) is 2.79. The fraction of sp³-hybridized carbons (Fsp3) is 0.793. The van der Waals surface area contributed by atoms with Gasteiger partial charge in [0.25, 0.3) is 0 Å². The molecule has 0 spiro atoms. The molecule has 3 N–H and O–H groups in total. The minimum atomic E-state index is -4.15. The number of rotatable bonds is 18. The van der Waals surface area contributed by atoms with E-state index in [0.29, 0.717) is 18.7 Å². The molecule has 0 fully saturated rings. The van der Waals surface area contributed by atoms with Gasteiger partial charge in [0, 0.05) is 0 Å². The predicted octanol–water partition coefficient (Wildman–Crippen LogP) is 8.05. The first-order valence-corrected chi connectivity index (χ1v) is 15.7. The summed E-state index contributed by atoms with van der Waals surface area (Å²) in [5.41, 5.74) is 6.23. The molecule has 0 bridgehead atoms. The quantitative estimate of drug-likeness (QED) is 0.149. The Bertz CT molecular complexity index is 817. The minimum Gasteiger partial charge on any atom is -0.487 e. The zero-order valence-corrected chi connectivity index (χ0v) is 24.4. The molecule has 208 valence electrons. The average molecular weight is 526 g/mol. The highest BCUT2D eigenvalue weighted by atomic mass is 31.2. The number of aryl methyl sites for hydroxylation is 1. The van der Waals surface area contributed by atoms with Crippen LogP contribution in [-0.4, -0.2) is 23.6 Å². The van der Waals surface area contributed by atoms with Crippen LogP contribution in [0.2, 0.25) is 0 Å². The van der Waals surface area contributed by atoms with E-state index < -0.39 is 7.82 Å². The molecule has 4 atom stereocenters. The smallest absolute Gasteiger partial charge is 0.487 e. The zero-order chi connectivity index (χ0) is 26.6. The van der Waals surface area contributed by atoms with Crippen molar-refractivity contribution < 1.29 is 23.2 Å². The second-order valence-corrected chi connectivity index (χ2v) is 13.1. The second kappa shape index (κ2) is 15.4. The topological polar surface area (TPSA) is 91.0 Å². The van der Waals surface area contributed by atoms with Gasteiger partial charge in [-0.1, -0.05) is 72.6 Å². The van der Waals surface area contributed by atoms with Crippen LogP contribution in [0.5, 0.6) is 11.5 Å². The van der Waals surface area contributed by atoms with E-state index in [-0.39, 0.29) is 12.2 Å². The Labute approximate surface area is 220 Å². The zero-order valence-electron chi connectivity index (χ0n) is 23.5. The Kier molecular flexibility index (Phi) is 13.3. The van der Waals surface area contributed by atoms with Gasteiger partial charge in [-0.3, -0.25) is 9.42 Å². The summed E-state index contributed by atoms with van der Waals surface area (Å²) in [6, 6.07) is 5.30. The lowest BCUT2D eigenvalue weighted by Gasteiger charge is -2.36. The van der Waals surface area contributed by atoms with Gasteiger partial charge in [-0.05, 0) is 87.1 Å². The van der Waals surface area contributed by atoms with E-state index in [4.69, 9.17) is 19.5 Å². The number of benzene rings is 1. The molecule has 1 unspecified atom stereocenters. The highest BCUT2D eigenvalue weighted by Gasteiger charge is 2.32. The Morgan fingerprint density at radius 2 is 1.67 bits per heavy atom. The normalized spacial score (nSPS) is 20.9. The molecule has 0 aliphatic carbocycles. The maximum absolute atomic E-state index is 12.1. The molecule has 1 heterocycles. The van der Waals surface area contributed by atoms with Crippen molar-refractivity contribution in [1.82, 2.24) is 0 Å². The number of fused-ring (bicyclic) bond motifs is 1. The fourth-order valence-corrected chi connectivity index (χ4v) is 5.82. The number of hydrogen-bond acceptors (Lipinski definition) is 5. The molecule has 1 aromatic rings. The maximum atomic E-state index is 12.1. The molecule has 0 aromatic heterocycles. The fourth-order valence-electron chi connectivity index (χ4n) is 5.02. The van der Waals surface area contributed by atoms with E-state index >= 15 is 0 Å². The first-order valence-electron chi connectivity index (χ1n) is 14.2. The number of nitrogens with two attached hydrogens (primary N) is 1. The van der Waals surface area contributed by atoms with Crippen LogP contribution < -0.4 is 15.0 Å². The summed E-state index contributed by atoms with van der Waals surface area (Å²) < 4.78 is 28.7. The van der Waals surface area contributed by atoms with Crippen molar-refractivity contribution in [3.8, 4) is 11.5 Å². The van der Waals surface area contributed by atoms with E-state index in [9.17, 15) is 9.46 Å². The molecule has 1 aromatic carbocycles. The standard InChI is InChI=1S/C29H52NO5P/c1-23(2)10-6-11-24(3)12-7-13-25(4)14-8-18-29(5)19-17-26-22-27(15-16-28(26)34-29)35-36(31,32)33-21-9-20-30/h15-16,22-25H,6-14,17-21,30H2,1-5H3,(H,31,32)/t24-,25-,29-/m1/s1. The molecule has 1 aliphatic heterocycles. The lowest BCUT2D eigenvalue weighted by molar-refractivity contribution is 0.0523. The van der Waals surface area contributed by atoms with Crippen molar-refractivity contribution in [1.29, 1.82) is 0 Å². The number of ether oxygens (including phenoxy) is 1. The summed E-state index contributed by atoms with van der Waals surface area (Å²) in [7, 11) is -4.15. The largest absolute Gasteiger partial charge is 0.527 e. The lowest BCUT2D eigenvalue weighted by atomic mass is 9.86. The number of hydrogen-bond donors (Lipinski definition) is 2. The van der Waals surface area contributed by atoms with Crippen LogP contribution >= 0.6 is 7.82 Å². The van der Waals surface area contributed by atoms with Gasteiger partial charge in [0.15, 0.2) is 0 Å². The van der Waals surface area contributed by atoms with Gasteiger partial charge in [-0.2, -0.15) is 0 Å². The summed E-state index contributed by atoms with van der Waals surface area (Å²) >= 11 is 0. The monoisotopic (exact) mass is 525 g/mol. The van der Waals surface area contributed by atoms with E-state index in [0.717, 1.165) is 48.3 Å². The van der Waals surface area contributed by atoms with Crippen molar-refractivity contribution in [3.05, 3.63) is 23.8 Å². The Balaban J connectivity index is 1.71. The van der Waals surface area contributed by atoms with Crippen molar-refractivity contribution in [2.45, 2.75) is 117 Å². The van der Waals surface area contributed by atoms with Gasteiger partial charge >= 0.3 is 7.82 Å². The molecular weight excluding hydrogens is 473 g/mol. The van der Waals surface area contributed by atoms with Gasteiger partial charge in [-0.25, -0.2) is 4.57 Å². The van der Waals surface area contributed by atoms with Crippen LogP contribution in [0, 0.1) is 17.8 Å². The molecule has 2 rings (SSSR count). The third-order valence-corrected chi connectivity index (χ3v) is 8.36. The molecule has 7 heteroatoms. The molecule has 0 saturated heterocycles. The predicted molar refractivity (Wildman–Crippen MR) is 149 cm³/mol. The van der Waals surface area contributed by atoms with Gasteiger partial charge in [0.1, 0.15) is 17.1 Å². The first kappa shape index (κ1) is 31.1. The van der Waals surface area contributed by atoms with E-state index in [1.54, 1.807) is 12.1 Å². The third-order valence-electron chi connectivity index (χ3n) is 7.41. The van der Waals surface area contributed by atoms with Crippen molar-refractivity contribution in [2.24, 2.45) is 23.5 Å². The summed E-state index contributed by atoms with van der Waals surface area (Å²) in [5, 5.41) is 0. The van der Waals surface area contributed by atoms with E-state index in [2.05, 4.69) is 34.6 Å². The van der Waals surface area contributed by atoms with Crippen LogP contribution in [0.3, 0.4) is 0 Å². The molecule has 6 nitrogen and oxygen atoms in total. The van der Waals surface area contributed by atoms with Crippen LogP contribution in [-0.2, 0) is 15.5 Å². The lowest BCUT2D eigenvalue weighted by Crippen LogP contribution is -2.36. The molecular formula is C29H52NO5P. The number of phosphoric ester groups is 1. The van der Waals surface area contributed by atoms with Gasteiger partial charge in [-0.15, -0.1) is 0 Å². The molecule has 0 radical (unpaired) electrons. The number of phosphoric acid groups is 1. The van der Waals surface area contributed by atoms with Crippen molar-refractivity contribution in [3.63, 3.8) is 0 Å². The summed E-state index contributed by atoms with van der Waals surface area (Å²) in [4.78, 5) is 9.90. The minimum absolute atomic E-state index is 0.0901. The van der Waals surface area contributed by atoms with Crippen molar-refractivity contribution in [2.75, 3.05) is 13.2 Å². The SMILES string of the molecule is CC(C)CCC[C@@H](C)CCC[C@@H](C)CCC[C@]1(C)CCc2cc(OP(=O)(O)OCCCN)ccc2O1. The molecule has 1 aliphatic rings. The third kappa shape index (κ3) is 12.0. The molecule has 0 amide bonds. The highest BCUT2D eigenvalue weighted by molar-refractivity contribution is 7.47. The van der Waals surface area contributed by atoms with Gasteiger partial charge in [0.05, 0.1) is 6.61 Å². The first-order chi connectivity index (χ1) is 17.0. The van der Waals surface area contributed by atoms with Crippen molar-refractivity contribution >= 4 is 7.82 Å². The maximum Gasteiger partial charge on any atom is 0.527 e. The summed E-state index contributed by atoms with van der Waals surface area (Å²) in [6.07, 6.45) is 13.9. The summed E-state index contributed by atoms with van der Waals surface area (Å²) in [6.45, 7) is 12.1. The van der Waals surface area contributed by atoms with Crippen LogP contribution in [0.15, 0.2) is 18.2 Å². The Morgan fingerprint density at radius 3 is 2.31 bits per heavy atom. The van der Waals surface area contributed by atoms with Crippen LogP contribution in [0.1, 0.15) is 111 Å². The summed E-state index contributed by atoms with van der Waals surface area (Å²) in [5.74, 6) is 3.60. The second-order valence-electron chi connectivity index (χ2n) is 11.7. The molecule has 36 heavy (non-hydrogen) atoms. The van der Waals surface area contributed by atoms with E-state index in [1.165, 1.54) is 51.4 Å². The van der Waals surface area contributed by atoms with Crippen LogP contribution in [0.4, 0.5) is 0 Å². The van der Waals surface area contributed by atoms with Crippen LogP contribution in [0.25, 0.3) is 0 Å². The van der Waals surface area contributed by atoms with Gasteiger partial charge < -0.3 is 15.0 Å². The van der Waals surface area contributed by atoms with Gasteiger partial charge in [0.2, 0.25) is 0 Å². The molecule has 0 saturated carbocycles. The Morgan fingerprint density at radius 1 is 1.03 bits per heavy atom. The highest BCUT2D eigenvalue weighted by Crippen LogP contribution is 2.46.